The van der Waals surface area contributed by atoms with Crippen molar-refractivity contribution < 1.29 is 29.7 Å². The largest absolute Gasteiger partial charge is 0.544 e. The fourth-order valence-electron chi connectivity index (χ4n) is 1.61. The third-order valence-corrected chi connectivity index (χ3v) is 3.18. The van der Waals surface area contributed by atoms with Crippen molar-refractivity contribution in [3.8, 4) is 0 Å². The Morgan fingerprint density at radius 1 is 0.640 bits per heavy atom. The van der Waals surface area contributed by atoms with Gasteiger partial charge in [-0.25, -0.2) is 0 Å². The highest BCUT2D eigenvalue weighted by molar-refractivity contribution is 6.34. The standard InChI is InChI=1S/C15H24N4O6/c1-10(13(20)21)16-4-7-19(8-5-17-11(2)14(22)23)9-6-18-12(3)15(24)25/h4-9H2,1-3H3,(H,20,21)(H,22,23)(H,24,25)/p-3. The van der Waals surface area contributed by atoms with E-state index in [9.17, 15) is 29.7 Å². The third-order valence-electron chi connectivity index (χ3n) is 3.18. The maximum Gasteiger partial charge on any atom is 0.0850 e. The van der Waals surface area contributed by atoms with Gasteiger partial charge in [0.15, 0.2) is 0 Å². The molecule has 0 aliphatic heterocycles. The van der Waals surface area contributed by atoms with E-state index in [1.807, 2.05) is 4.90 Å². The smallest absolute Gasteiger partial charge is 0.0850 e. The van der Waals surface area contributed by atoms with Crippen LogP contribution in [0.2, 0.25) is 0 Å². The van der Waals surface area contributed by atoms with Gasteiger partial charge in [-0.05, 0) is 20.8 Å². The molecule has 10 heteroatoms. The number of aliphatic imine (C=N–C) groups is 3. The highest BCUT2D eigenvalue weighted by atomic mass is 16.4. The monoisotopic (exact) mass is 353 g/mol. The fraction of sp³-hybridized carbons (Fsp3) is 0.600. The molecule has 0 amide bonds. The van der Waals surface area contributed by atoms with E-state index in [1.165, 1.54) is 20.8 Å². The predicted octanol–water partition coefficient (Wildman–Crippen LogP) is -4.08. The Morgan fingerprint density at radius 3 is 1.08 bits per heavy atom. The van der Waals surface area contributed by atoms with Crippen molar-refractivity contribution in [3.05, 3.63) is 0 Å². The molecule has 0 aliphatic carbocycles. The molecule has 10 nitrogen and oxygen atoms in total. The van der Waals surface area contributed by atoms with Crippen LogP contribution in [0.15, 0.2) is 15.0 Å². The third kappa shape index (κ3) is 10.7. The maximum atomic E-state index is 10.6. The minimum Gasteiger partial charge on any atom is -0.544 e. The normalized spacial score (nSPS) is 13.2. The number of aliphatic carboxylic acids is 3. The number of hydrogen-bond donors (Lipinski definition) is 0. The minimum absolute atomic E-state index is 0.128. The Kier molecular flexibility index (Phi) is 10.6. The molecule has 0 radical (unpaired) electrons. The first-order valence-corrected chi connectivity index (χ1v) is 7.54. The summed E-state index contributed by atoms with van der Waals surface area (Å²) < 4.78 is 0. The molecule has 25 heavy (non-hydrogen) atoms. The lowest BCUT2D eigenvalue weighted by Gasteiger charge is -2.20. The van der Waals surface area contributed by atoms with Gasteiger partial charge >= 0.3 is 0 Å². The number of carbonyl (C=O) groups is 3. The molecular weight excluding hydrogens is 332 g/mol. The molecule has 0 saturated carbocycles. The van der Waals surface area contributed by atoms with E-state index in [-0.39, 0.29) is 36.8 Å². The molecule has 0 atom stereocenters. The van der Waals surface area contributed by atoms with Crippen molar-refractivity contribution in [2.45, 2.75) is 20.8 Å². The SMILES string of the molecule is CC(=NCCN(CCN=C(C)C(=O)[O-])CCN=C(C)C(=O)[O-])C(=O)[O-]. The predicted molar refractivity (Wildman–Crippen MR) is 85.4 cm³/mol. The average molecular weight is 353 g/mol. The molecule has 0 aromatic heterocycles. The van der Waals surface area contributed by atoms with E-state index >= 15 is 0 Å². The minimum atomic E-state index is -1.35. The zero-order valence-electron chi connectivity index (χ0n) is 14.5. The summed E-state index contributed by atoms with van der Waals surface area (Å²) in [6.45, 7) is 5.62. The molecule has 0 bridgehead atoms. The summed E-state index contributed by atoms with van der Waals surface area (Å²) in [5.41, 5.74) is -0.384. The van der Waals surface area contributed by atoms with E-state index in [0.29, 0.717) is 19.6 Å². The molecule has 0 fully saturated rings. The van der Waals surface area contributed by atoms with Crippen LogP contribution in [-0.2, 0) is 14.4 Å². The van der Waals surface area contributed by atoms with Crippen molar-refractivity contribution in [2.75, 3.05) is 39.3 Å². The van der Waals surface area contributed by atoms with Gasteiger partial charge in [-0.15, -0.1) is 0 Å². The van der Waals surface area contributed by atoms with Crippen LogP contribution >= 0.6 is 0 Å². The van der Waals surface area contributed by atoms with E-state index in [0.717, 1.165) is 0 Å². The Morgan fingerprint density at radius 2 is 0.880 bits per heavy atom. The first kappa shape index (κ1) is 22.4. The van der Waals surface area contributed by atoms with Crippen LogP contribution in [0.1, 0.15) is 20.8 Å². The van der Waals surface area contributed by atoms with Gasteiger partial charge in [0.1, 0.15) is 0 Å². The molecular formula is C15H21N4O6-3. The van der Waals surface area contributed by atoms with E-state index in [4.69, 9.17) is 0 Å². The van der Waals surface area contributed by atoms with Crippen molar-refractivity contribution >= 4 is 35.0 Å². The molecule has 0 unspecified atom stereocenters. The first-order chi connectivity index (χ1) is 11.6. The summed E-state index contributed by atoms with van der Waals surface area (Å²) in [4.78, 5) is 45.1. The van der Waals surface area contributed by atoms with Crippen LogP contribution < -0.4 is 15.3 Å². The quantitative estimate of drug-likeness (QED) is 0.322. The van der Waals surface area contributed by atoms with Crippen LogP contribution in [0.5, 0.6) is 0 Å². The second-order valence-corrected chi connectivity index (χ2v) is 5.11. The van der Waals surface area contributed by atoms with Crippen LogP contribution in [0, 0.1) is 0 Å². The van der Waals surface area contributed by atoms with Gasteiger partial charge < -0.3 is 29.7 Å². The van der Waals surface area contributed by atoms with Crippen LogP contribution in [0.3, 0.4) is 0 Å². The van der Waals surface area contributed by atoms with Crippen molar-refractivity contribution in [1.29, 1.82) is 0 Å². The number of nitrogens with zero attached hydrogens (tertiary/aromatic N) is 4. The molecule has 0 saturated heterocycles. The van der Waals surface area contributed by atoms with Crippen LogP contribution in [-0.4, -0.2) is 79.2 Å². The molecule has 0 aliphatic rings. The van der Waals surface area contributed by atoms with Crippen molar-refractivity contribution in [1.82, 2.24) is 4.90 Å². The lowest BCUT2D eigenvalue weighted by Crippen LogP contribution is -2.35. The summed E-state index contributed by atoms with van der Waals surface area (Å²) in [5, 5.41) is 31.7. The van der Waals surface area contributed by atoms with Crippen LogP contribution in [0.25, 0.3) is 0 Å². The molecule has 0 aromatic carbocycles. The molecule has 0 heterocycles. The Hall–Kier alpha value is -2.62. The number of carboxylic acids is 3. The number of hydrogen-bond acceptors (Lipinski definition) is 10. The van der Waals surface area contributed by atoms with Gasteiger partial charge in [-0.2, -0.15) is 0 Å². The number of carbonyl (C=O) groups excluding carboxylic acids is 3. The number of rotatable bonds is 12. The van der Waals surface area contributed by atoms with Gasteiger partial charge in [0, 0.05) is 19.6 Å². The highest BCUT2D eigenvalue weighted by Gasteiger charge is 2.04. The Balaban J connectivity index is 4.69. The zero-order chi connectivity index (χ0) is 19.4. The van der Waals surface area contributed by atoms with Gasteiger partial charge in [0.2, 0.25) is 0 Å². The first-order valence-electron chi connectivity index (χ1n) is 7.54. The van der Waals surface area contributed by atoms with Gasteiger partial charge in [0.05, 0.1) is 54.7 Å². The van der Waals surface area contributed by atoms with E-state index < -0.39 is 17.9 Å². The highest BCUT2D eigenvalue weighted by Crippen LogP contribution is 1.92. The number of carboxylic acid groups (broad SMARTS) is 3. The topological polar surface area (TPSA) is 161 Å². The average Bonchev–Trinajstić information content (AvgIpc) is 2.53. The summed E-state index contributed by atoms with van der Waals surface area (Å²) in [5.74, 6) is -4.06. The lowest BCUT2D eigenvalue weighted by molar-refractivity contribution is -0.295. The van der Waals surface area contributed by atoms with E-state index in [2.05, 4.69) is 15.0 Å². The maximum absolute atomic E-state index is 10.6. The van der Waals surface area contributed by atoms with Gasteiger partial charge in [0.25, 0.3) is 0 Å². The summed E-state index contributed by atoms with van der Waals surface area (Å²) in [6.07, 6.45) is 0. The Bertz CT molecular complexity index is 502. The summed E-state index contributed by atoms with van der Waals surface area (Å²) in [7, 11) is 0. The molecule has 140 valence electrons. The lowest BCUT2D eigenvalue weighted by atomic mass is 10.4. The second-order valence-electron chi connectivity index (χ2n) is 5.11. The second kappa shape index (κ2) is 11.8. The Labute approximate surface area is 145 Å². The zero-order valence-corrected chi connectivity index (χ0v) is 14.5. The summed E-state index contributed by atoms with van der Waals surface area (Å²) >= 11 is 0. The van der Waals surface area contributed by atoms with Crippen molar-refractivity contribution in [3.63, 3.8) is 0 Å². The molecule has 0 N–H and O–H groups in total. The van der Waals surface area contributed by atoms with Gasteiger partial charge in [-0.3, -0.25) is 19.9 Å². The molecule has 0 aromatic rings. The van der Waals surface area contributed by atoms with Crippen LogP contribution in [0.4, 0.5) is 0 Å². The molecule has 0 spiro atoms. The van der Waals surface area contributed by atoms with Crippen molar-refractivity contribution in [2.24, 2.45) is 15.0 Å². The van der Waals surface area contributed by atoms with E-state index in [1.54, 1.807) is 0 Å². The van der Waals surface area contributed by atoms with Gasteiger partial charge in [-0.1, -0.05) is 0 Å². The fourth-order valence-corrected chi connectivity index (χ4v) is 1.61. The summed E-state index contributed by atoms with van der Waals surface area (Å²) in [6, 6.07) is 0. The molecule has 0 rings (SSSR count).